The SMILES string of the molecule is CCNCc1cc(F)c(OC(C)C(=O)N(C)C)c(F)c1. The molecule has 1 N–H and O–H groups in total. The van der Waals surface area contributed by atoms with Gasteiger partial charge in [0.25, 0.3) is 5.91 Å². The van der Waals surface area contributed by atoms with E-state index in [0.29, 0.717) is 18.7 Å². The van der Waals surface area contributed by atoms with Gasteiger partial charge in [-0.05, 0) is 31.2 Å². The summed E-state index contributed by atoms with van der Waals surface area (Å²) in [5.41, 5.74) is 0.487. The summed E-state index contributed by atoms with van der Waals surface area (Å²) in [4.78, 5) is 12.9. The van der Waals surface area contributed by atoms with Crippen molar-refractivity contribution in [3.63, 3.8) is 0 Å². The van der Waals surface area contributed by atoms with Crippen LogP contribution >= 0.6 is 0 Å². The first-order valence-electron chi connectivity index (χ1n) is 6.43. The normalized spacial score (nSPS) is 12.1. The number of amides is 1. The molecule has 0 aliphatic heterocycles. The van der Waals surface area contributed by atoms with E-state index >= 15 is 0 Å². The van der Waals surface area contributed by atoms with Gasteiger partial charge in [0, 0.05) is 20.6 Å². The standard InChI is InChI=1S/C14H20F2N2O2/c1-5-17-8-10-6-11(15)13(12(16)7-10)20-9(2)14(19)18(3)4/h6-7,9,17H,5,8H2,1-4H3. The van der Waals surface area contributed by atoms with E-state index in [1.807, 2.05) is 6.92 Å². The van der Waals surface area contributed by atoms with Crippen molar-refractivity contribution in [1.29, 1.82) is 0 Å². The van der Waals surface area contributed by atoms with Gasteiger partial charge >= 0.3 is 0 Å². The summed E-state index contributed by atoms with van der Waals surface area (Å²) in [6, 6.07) is 2.40. The Morgan fingerprint density at radius 2 is 1.90 bits per heavy atom. The van der Waals surface area contributed by atoms with Crippen LogP contribution in [0.25, 0.3) is 0 Å². The van der Waals surface area contributed by atoms with Crippen molar-refractivity contribution in [2.24, 2.45) is 0 Å². The van der Waals surface area contributed by atoms with Crippen molar-refractivity contribution in [1.82, 2.24) is 10.2 Å². The van der Waals surface area contributed by atoms with Crippen molar-refractivity contribution in [2.75, 3.05) is 20.6 Å². The Morgan fingerprint density at radius 1 is 1.35 bits per heavy atom. The van der Waals surface area contributed by atoms with Gasteiger partial charge in [-0.1, -0.05) is 6.92 Å². The first kappa shape index (κ1) is 16.4. The molecule has 1 unspecified atom stereocenters. The lowest BCUT2D eigenvalue weighted by atomic mass is 10.2. The Labute approximate surface area is 117 Å². The molecule has 1 aromatic carbocycles. The van der Waals surface area contributed by atoms with Crippen LogP contribution in [0.5, 0.6) is 5.75 Å². The van der Waals surface area contributed by atoms with Crippen molar-refractivity contribution in [2.45, 2.75) is 26.5 Å². The quantitative estimate of drug-likeness (QED) is 0.869. The third kappa shape index (κ3) is 4.16. The molecule has 1 aromatic rings. The summed E-state index contributed by atoms with van der Waals surface area (Å²) in [6.45, 7) is 4.43. The zero-order chi connectivity index (χ0) is 15.3. The maximum Gasteiger partial charge on any atom is 0.262 e. The minimum atomic E-state index is -0.950. The molecule has 6 heteroatoms. The van der Waals surface area contributed by atoms with E-state index in [1.165, 1.54) is 24.0 Å². The molecule has 0 radical (unpaired) electrons. The van der Waals surface area contributed by atoms with Gasteiger partial charge in [0.15, 0.2) is 23.5 Å². The van der Waals surface area contributed by atoms with Crippen LogP contribution in [0.3, 0.4) is 0 Å². The number of hydrogen-bond donors (Lipinski definition) is 1. The minimum Gasteiger partial charge on any atom is -0.475 e. The summed E-state index contributed by atoms with van der Waals surface area (Å²) in [5, 5.41) is 2.98. The Morgan fingerprint density at radius 3 is 2.35 bits per heavy atom. The maximum atomic E-state index is 13.8. The van der Waals surface area contributed by atoms with Gasteiger partial charge in [0.1, 0.15) is 0 Å². The topological polar surface area (TPSA) is 41.6 Å². The van der Waals surface area contributed by atoms with Gasteiger partial charge in [-0.2, -0.15) is 0 Å². The lowest BCUT2D eigenvalue weighted by Gasteiger charge is -2.19. The van der Waals surface area contributed by atoms with Crippen LogP contribution in [-0.4, -0.2) is 37.6 Å². The Kier molecular flexibility index (Phi) is 5.88. The van der Waals surface area contributed by atoms with Crippen LogP contribution in [0.15, 0.2) is 12.1 Å². The molecule has 1 rings (SSSR count). The molecule has 0 saturated heterocycles. The minimum absolute atomic E-state index is 0.361. The van der Waals surface area contributed by atoms with Gasteiger partial charge in [-0.25, -0.2) is 8.78 Å². The predicted molar refractivity (Wildman–Crippen MR) is 72.5 cm³/mol. The van der Waals surface area contributed by atoms with Gasteiger partial charge in [0.05, 0.1) is 0 Å². The first-order valence-corrected chi connectivity index (χ1v) is 6.43. The molecule has 0 saturated carbocycles. The molecular weight excluding hydrogens is 266 g/mol. The third-order valence-corrected chi connectivity index (χ3v) is 2.72. The van der Waals surface area contributed by atoms with Crippen LogP contribution in [0.1, 0.15) is 19.4 Å². The Bertz CT molecular complexity index is 455. The van der Waals surface area contributed by atoms with E-state index in [4.69, 9.17) is 4.74 Å². The molecule has 0 bridgehead atoms. The fraction of sp³-hybridized carbons (Fsp3) is 0.500. The monoisotopic (exact) mass is 286 g/mol. The van der Waals surface area contributed by atoms with Gasteiger partial charge < -0.3 is 15.0 Å². The van der Waals surface area contributed by atoms with E-state index in [1.54, 1.807) is 14.1 Å². The van der Waals surface area contributed by atoms with E-state index in [-0.39, 0.29) is 5.91 Å². The number of nitrogens with zero attached hydrogens (tertiary/aromatic N) is 1. The van der Waals surface area contributed by atoms with Crippen LogP contribution in [0.2, 0.25) is 0 Å². The maximum absolute atomic E-state index is 13.8. The number of hydrogen-bond acceptors (Lipinski definition) is 3. The molecule has 0 spiro atoms. The second-order valence-corrected chi connectivity index (χ2v) is 4.66. The lowest BCUT2D eigenvalue weighted by molar-refractivity contribution is -0.135. The average molecular weight is 286 g/mol. The predicted octanol–water partition coefficient (Wildman–Crippen LogP) is 1.93. The lowest BCUT2D eigenvalue weighted by Crippen LogP contribution is -2.35. The molecule has 4 nitrogen and oxygen atoms in total. The highest BCUT2D eigenvalue weighted by Crippen LogP contribution is 2.24. The van der Waals surface area contributed by atoms with Crippen molar-refractivity contribution < 1.29 is 18.3 Å². The number of carbonyl (C=O) groups is 1. The van der Waals surface area contributed by atoms with E-state index in [9.17, 15) is 13.6 Å². The highest BCUT2D eigenvalue weighted by Gasteiger charge is 2.21. The average Bonchev–Trinajstić information content (AvgIpc) is 2.39. The fourth-order valence-corrected chi connectivity index (χ4v) is 1.69. The van der Waals surface area contributed by atoms with Crippen LogP contribution in [0.4, 0.5) is 8.78 Å². The zero-order valence-electron chi connectivity index (χ0n) is 12.2. The number of likely N-dealkylation sites (N-methyl/N-ethyl adjacent to an activating group) is 1. The van der Waals surface area contributed by atoms with E-state index in [0.717, 1.165) is 0 Å². The molecule has 1 atom stereocenters. The molecule has 0 fully saturated rings. The van der Waals surface area contributed by atoms with Crippen molar-refractivity contribution >= 4 is 5.91 Å². The van der Waals surface area contributed by atoms with Gasteiger partial charge in [-0.3, -0.25) is 4.79 Å². The fourth-order valence-electron chi connectivity index (χ4n) is 1.69. The molecule has 0 aromatic heterocycles. The summed E-state index contributed by atoms with van der Waals surface area (Å²) in [6.07, 6.45) is -0.950. The number of halogens is 2. The summed E-state index contributed by atoms with van der Waals surface area (Å²) in [5.74, 6) is -2.50. The first-order chi connectivity index (χ1) is 9.36. The van der Waals surface area contributed by atoms with Gasteiger partial charge in [-0.15, -0.1) is 0 Å². The van der Waals surface area contributed by atoms with E-state index in [2.05, 4.69) is 5.32 Å². The summed E-state index contributed by atoms with van der Waals surface area (Å²) in [7, 11) is 3.10. The number of carbonyl (C=O) groups excluding carboxylic acids is 1. The van der Waals surface area contributed by atoms with Crippen LogP contribution in [0, 0.1) is 11.6 Å². The second-order valence-electron chi connectivity index (χ2n) is 4.66. The molecular formula is C14H20F2N2O2. The molecule has 20 heavy (non-hydrogen) atoms. The number of benzene rings is 1. The number of ether oxygens (including phenoxy) is 1. The summed E-state index contributed by atoms with van der Waals surface area (Å²) < 4.78 is 32.8. The number of nitrogens with one attached hydrogen (secondary N) is 1. The van der Waals surface area contributed by atoms with E-state index < -0.39 is 23.5 Å². The number of rotatable bonds is 6. The smallest absolute Gasteiger partial charge is 0.262 e. The summed E-state index contributed by atoms with van der Waals surface area (Å²) >= 11 is 0. The zero-order valence-corrected chi connectivity index (χ0v) is 12.2. The molecule has 1 amide bonds. The third-order valence-electron chi connectivity index (χ3n) is 2.72. The Balaban J connectivity index is 2.88. The largest absolute Gasteiger partial charge is 0.475 e. The molecule has 0 heterocycles. The van der Waals surface area contributed by atoms with Gasteiger partial charge in [0.2, 0.25) is 0 Å². The highest BCUT2D eigenvalue weighted by molar-refractivity contribution is 5.80. The van der Waals surface area contributed by atoms with Crippen molar-refractivity contribution in [3.05, 3.63) is 29.3 Å². The molecule has 0 aliphatic rings. The molecule has 0 aliphatic carbocycles. The molecule has 112 valence electrons. The van der Waals surface area contributed by atoms with Crippen LogP contribution < -0.4 is 10.1 Å². The highest BCUT2D eigenvalue weighted by atomic mass is 19.1. The van der Waals surface area contributed by atoms with Crippen LogP contribution in [-0.2, 0) is 11.3 Å². The van der Waals surface area contributed by atoms with Crippen molar-refractivity contribution in [3.8, 4) is 5.75 Å². The second kappa shape index (κ2) is 7.19. The Hall–Kier alpha value is -1.69.